The van der Waals surface area contributed by atoms with Gasteiger partial charge in [0.1, 0.15) is 5.82 Å². The quantitative estimate of drug-likeness (QED) is 0.688. The van der Waals surface area contributed by atoms with Gasteiger partial charge in [-0.1, -0.05) is 44.2 Å². The Morgan fingerprint density at radius 1 is 1.17 bits per heavy atom. The highest BCUT2D eigenvalue weighted by Crippen LogP contribution is 2.37. The first-order valence-electron chi connectivity index (χ1n) is 11.5. The Bertz CT molecular complexity index is 1170. The van der Waals surface area contributed by atoms with E-state index in [0.717, 1.165) is 10.5 Å². The van der Waals surface area contributed by atoms with Crippen molar-refractivity contribution in [2.75, 3.05) is 11.4 Å². The number of hydrogen-bond donors (Lipinski definition) is 1. The average molecular weight is 488 g/mol. The molecule has 0 bridgehead atoms. The van der Waals surface area contributed by atoms with E-state index in [2.05, 4.69) is 9.98 Å². The molecule has 0 aliphatic carbocycles. The van der Waals surface area contributed by atoms with Gasteiger partial charge in [-0.05, 0) is 30.0 Å². The number of halogens is 3. The zero-order valence-corrected chi connectivity index (χ0v) is 19.8. The topological polar surface area (TPSA) is 91.9 Å². The molecule has 1 fully saturated rings. The van der Waals surface area contributed by atoms with Crippen molar-refractivity contribution < 1.29 is 22.8 Å². The molecule has 0 unspecified atom stereocenters. The van der Waals surface area contributed by atoms with Gasteiger partial charge in [0.05, 0.1) is 24.1 Å². The van der Waals surface area contributed by atoms with Crippen molar-refractivity contribution >= 4 is 23.6 Å². The van der Waals surface area contributed by atoms with Crippen LogP contribution in [0, 0.1) is 5.92 Å². The number of nitrogens with zero attached hydrogens (tertiary/aromatic N) is 4. The fourth-order valence-corrected chi connectivity index (χ4v) is 4.46. The lowest BCUT2D eigenvalue weighted by Crippen LogP contribution is -2.51. The van der Waals surface area contributed by atoms with Crippen molar-refractivity contribution in [3.05, 3.63) is 59.3 Å². The van der Waals surface area contributed by atoms with Gasteiger partial charge in [0.25, 0.3) is 0 Å². The maximum absolute atomic E-state index is 13.8. The minimum atomic E-state index is -4.69. The summed E-state index contributed by atoms with van der Waals surface area (Å²) in [6.45, 7) is 5.50. The molecule has 7 nitrogen and oxygen atoms in total. The molecule has 2 aliphatic rings. The number of hydrogen-bond acceptors (Lipinski definition) is 5. The third-order valence-corrected chi connectivity index (χ3v) is 6.98. The molecule has 2 amide bonds. The van der Waals surface area contributed by atoms with Gasteiger partial charge in [0, 0.05) is 25.1 Å². The Labute approximate surface area is 201 Å². The van der Waals surface area contributed by atoms with Gasteiger partial charge in [-0.25, -0.2) is 9.98 Å². The number of aliphatic imine (C=N–C) groups is 1. The number of anilines is 1. The minimum Gasteiger partial charge on any atom is -0.369 e. The summed E-state index contributed by atoms with van der Waals surface area (Å²) >= 11 is 0. The first-order valence-corrected chi connectivity index (χ1v) is 11.5. The number of aromatic nitrogens is 1. The smallest absolute Gasteiger partial charge is 0.369 e. The summed E-state index contributed by atoms with van der Waals surface area (Å²) in [4.78, 5) is 36.5. The molecule has 2 N–H and O–H groups in total. The van der Waals surface area contributed by atoms with E-state index in [1.807, 2.05) is 44.2 Å². The third-order valence-electron chi connectivity index (χ3n) is 6.98. The summed E-state index contributed by atoms with van der Waals surface area (Å²) in [5.74, 6) is -0.698. The normalized spacial score (nSPS) is 23.3. The van der Waals surface area contributed by atoms with Crippen LogP contribution in [-0.4, -0.2) is 39.7 Å². The van der Waals surface area contributed by atoms with E-state index >= 15 is 0 Å². The maximum Gasteiger partial charge on any atom is 0.418 e. The molecule has 0 spiro atoms. The summed E-state index contributed by atoms with van der Waals surface area (Å²) in [5, 5.41) is 0. The number of rotatable bonds is 5. The molecule has 186 valence electrons. The predicted molar refractivity (Wildman–Crippen MR) is 125 cm³/mol. The van der Waals surface area contributed by atoms with Crippen LogP contribution in [0.4, 0.5) is 19.0 Å². The van der Waals surface area contributed by atoms with E-state index < -0.39 is 29.7 Å². The molecule has 2 aromatic rings. The molecule has 1 aromatic heterocycles. The number of carbonyl (C=O) groups excluding carboxylic acids is 2. The van der Waals surface area contributed by atoms with Crippen molar-refractivity contribution in [3.8, 4) is 0 Å². The number of amides is 2. The molecular weight excluding hydrogens is 459 g/mol. The van der Waals surface area contributed by atoms with Crippen LogP contribution in [0.5, 0.6) is 0 Å². The Kier molecular flexibility index (Phi) is 6.33. The number of alkyl halides is 3. The molecular formula is C25H28F3N5O2. The molecule has 3 heterocycles. The lowest BCUT2D eigenvalue weighted by atomic mass is 9.84. The largest absolute Gasteiger partial charge is 0.418 e. The monoisotopic (exact) mass is 487 g/mol. The number of nitrogens with two attached hydrogens (primary N) is 1. The maximum atomic E-state index is 13.8. The van der Waals surface area contributed by atoms with E-state index in [4.69, 9.17) is 5.73 Å². The van der Waals surface area contributed by atoms with Gasteiger partial charge >= 0.3 is 6.18 Å². The number of carbonyl (C=O) groups is 2. The van der Waals surface area contributed by atoms with E-state index in [-0.39, 0.29) is 47.9 Å². The van der Waals surface area contributed by atoms with Crippen molar-refractivity contribution in [2.24, 2.45) is 16.6 Å². The van der Waals surface area contributed by atoms with Crippen LogP contribution < -0.4 is 10.6 Å². The van der Waals surface area contributed by atoms with Crippen molar-refractivity contribution in [2.45, 2.75) is 57.8 Å². The second-order valence-corrected chi connectivity index (χ2v) is 9.65. The molecule has 35 heavy (non-hydrogen) atoms. The fourth-order valence-electron chi connectivity index (χ4n) is 4.46. The molecule has 1 saturated heterocycles. The first-order chi connectivity index (χ1) is 16.4. The third kappa shape index (κ3) is 4.87. The van der Waals surface area contributed by atoms with E-state index in [1.54, 1.807) is 6.92 Å². The Balaban J connectivity index is 1.66. The zero-order chi connectivity index (χ0) is 25.5. The fraction of sp³-hybridized carbons (Fsp3) is 0.440. The lowest BCUT2D eigenvalue weighted by Gasteiger charge is -2.37. The zero-order valence-electron chi connectivity index (χ0n) is 19.8. The van der Waals surface area contributed by atoms with Crippen LogP contribution >= 0.6 is 0 Å². The van der Waals surface area contributed by atoms with Gasteiger partial charge < -0.3 is 5.73 Å². The van der Waals surface area contributed by atoms with Crippen molar-refractivity contribution in [1.82, 2.24) is 9.88 Å². The van der Waals surface area contributed by atoms with Gasteiger partial charge in [-0.3, -0.25) is 19.4 Å². The summed E-state index contributed by atoms with van der Waals surface area (Å²) in [7, 11) is 0. The van der Waals surface area contributed by atoms with Crippen molar-refractivity contribution in [3.63, 3.8) is 0 Å². The SMILES string of the molecule is CC(C)[C@]1(C)CC(=O)N(Cc2cc(N3C[C@@H](c4ccccc4)CC3=O)ncc2C(F)(F)F)C(N)=N1. The summed E-state index contributed by atoms with van der Waals surface area (Å²) in [5.41, 5.74) is 5.13. The standard InChI is InChI=1S/C25H28F3N5O2/c1-15(2)24(3)11-22(35)33(23(29)31-24)14-18-9-20(30-12-19(18)25(26,27)28)32-13-17(10-21(32)34)16-7-5-4-6-8-16/h4-9,12,15,17H,10-11,13-14H2,1-3H3,(H2,29,31)/t17-,24-/m0/s1. The van der Waals surface area contributed by atoms with Crippen LogP contribution in [0.3, 0.4) is 0 Å². The average Bonchev–Trinajstić information content (AvgIpc) is 3.17. The number of guanidine groups is 1. The second-order valence-electron chi connectivity index (χ2n) is 9.65. The Hall–Kier alpha value is -3.43. The van der Waals surface area contributed by atoms with Gasteiger partial charge in [-0.15, -0.1) is 0 Å². The van der Waals surface area contributed by atoms with Gasteiger partial charge in [0.2, 0.25) is 11.8 Å². The lowest BCUT2D eigenvalue weighted by molar-refractivity contribution is -0.139. The molecule has 4 rings (SSSR count). The summed E-state index contributed by atoms with van der Waals surface area (Å²) in [6.07, 6.45) is -3.71. The predicted octanol–water partition coefficient (Wildman–Crippen LogP) is 4.08. The molecule has 1 aromatic carbocycles. The highest BCUT2D eigenvalue weighted by molar-refractivity contribution is 5.99. The van der Waals surface area contributed by atoms with Crippen LogP contribution in [0.1, 0.15) is 56.2 Å². The highest BCUT2D eigenvalue weighted by Gasteiger charge is 2.41. The Morgan fingerprint density at radius 3 is 2.46 bits per heavy atom. The molecule has 10 heteroatoms. The minimum absolute atomic E-state index is 0.0177. The summed E-state index contributed by atoms with van der Waals surface area (Å²) < 4.78 is 41.4. The van der Waals surface area contributed by atoms with Crippen LogP contribution in [0.2, 0.25) is 0 Å². The van der Waals surface area contributed by atoms with Gasteiger partial charge in [-0.2, -0.15) is 13.2 Å². The van der Waals surface area contributed by atoms with E-state index in [1.165, 1.54) is 11.0 Å². The molecule has 2 atom stereocenters. The van der Waals surface area contributed by atoms with Gasteiger partial charge in [0.15, 0.2) is 5.96 Å². The van der Waals surface area contributed by atoms with Crippen molar-refractivity contribution in [1.29, 1.82) is 0 Å². The van der Waals surface area contributed by atoms with Crippen LogP contribution in [-0.2, 0) is 22.3 Å². The van der Waals surface area contributed by atoms with Crippen LogP contribution in [0.15, 0.2) is 47.6 Å². The number of pyridine rings is 1. The second kappa shape index (κ2) is 8.98. The van der Waals surface area contributed by atoms with E-state index in [0.29, 0.717) is 12.7 Å². The highest BCUT2D eigenvalue weighted by atomic mass is 19.4. The summed E-state index contributed by atoms with van der Waals surface area (Å²) in [6, 6.07) is 10.7. The number of benzene rings is 1. The Morgan fingerprint density at radius 2 is 1.86 bits per heavy atom. The molecule has 0 saturated carbocycles. The molecule has 2 aliphatic heterocycles. The first kappa shape index (κ1) is 24.7. The van der Waals surface area contributed by atoms with Crippen LogP contribution in [0.25, 0.3) is 0 Å². The van der Waals surface area contributed by atoms with E-state index in [9.17, 15) is 22.8 Å². The molecule has 0 radical (unpaired) electrons.